The third-order valence-corrected chi connectivity index (χ3v) is 4.76. The van der Waals surface area contributed by atoms with Gasteiger partial charge < -0.3 is 14.4 Å². The van der Waals surface area contributed by atoms with Gasteiger partial charge in [0.2, 0.25) is 5.91 Å². The fraction of sp³-hybridized carbons (Fsp3) is 0.444. The molecule has 27 heavy (non-hydrogen) atoms. The minimum absolute atomic E-state index is 0.0766. The fourth-order valence-corrected chi connectivity index (χ4v) is 3.31. The molecule has 0 radical (unpaired) electrons. The maximum atomic E-state index is 12.8. The maximum absolute atomic E-state index is 12.8. The van der Waals surface area contributed by atoms with Crippen LogP contribution in [-0.2, 0) is 32.0 Å². The molecule has 1 aromatic carbocycles. The predicted molar refractivity (Wildman–Crippen MR) is 101 cm³/mol. The summed E-state index contributed by atoms with van der Waals surface area (Å²) in [6.45, 7) is 3.74. The molecule has 2 aromatic rings. The summed E-state index contributed by atoms with van der Waals surface area (Å²) in [5.41, 5.74) is 0.0332. The summed E-state index contributed by atoms with van der Waals surface area (Å²) in [5.74, 6) is -0.637. The van der Waals surface area contributed by atoms with E-state index in [1.54, 1.807) is 30.0 Å². The second kappa shape index (κ2) is 8.62. The molecule has 1 aromatic heterocycles. The molecule has 9 heteroatoms. The molecule has 144 valence electrons. The van der Waals surface area contributed by atoms with Crippen molar-refractivity contribution in [3.8, 4) is 0 Å². The predicted octanol–water partition coefficient (Wildman–Crippen LogP) is 1.12. The van der Waals surface area contributed by atoms with E-state index in [0.717, 1.165) is 9.15 Å². The number of halogens is 1. The van der Waals surface area contributed by atoms with Crippen molar-refractivity contribution < 1.29 is 19.1 Å². The summed E-state index contributed by atoms with van der Waals surface area (Å²) >= 11 is 3.37. The first kappa shape index (κ1) is 19.5. The second-order valence-electron chi connectivity index (χ2n) is 6.07. The van der Waals surface area contributed by atoms with Crippen LogP contribution in [0.2, 0.25) is 0 Å². The Morgan fingerprint density at radius 3 is 2.70 bits per heavy atom. The van der Waals surface area contributed by atoms with Gasteiger partial charge in [-0.05, 0) is 25.1 Å². The van der Waals surface area contributed by atoms with E-state index in [9.17, 15) is 14.4 Å². The van der Waals surface area contributed by atoms with Gasteiger partial charge in [0.15, 0.2) is 0 Å². The Kier molecular flexibility index (Phi) is 6.22. The zero-order valence-electron chi connectivity index (χ0n) is 14.9. The monoisotopic (exact) mass is 437 g/mol. The molecule has 8 nitrogen and oxygen atoms in total. The molecule has 0 aliphatic carbocycles. The molecule has 0 unspecified atom stereocenters. The van der Waals surface area contributed by atoms with Crippen LogP contribution in [-0.4, -0.2) is 59.5 Å². The fourth-order valence-electron chi connectivity index (χ4n) is 2.95. The third kappa shape index (κ3) is 4.54. The van der Waals surface area contributed by atoms with Crippen LogP contribution in [0, 0.1) is 0 Å². The molecule has 0 bridgehead atoms. The number of carbonyl (C=O) groups excluding carboxylic acids is 2. The number of carbonyl (C=O) groups is 2. The van der Waals surface area contributed by atoms with Gasteiger partial charge in [0.25, 0.3) is 5.56 Å². The number of hydrogen-bond donors (Lipinski definition) is 0. The van der Waals surface area contributed by atoms with E-state index in [2.05, 4.69) is 21.0 Å². The molecule has 1 aliphatic heterocycles. The van der Waals surface area contributed by atoms with E-state index in [1.165, 1.54) is 0 Å². The average molecular weight is 438 g/mol. The van der Waals surface area contributed by atoms with Crippen LogP contribution < -0.4 is 5.56 Å². The number of hydrogen-bond acceptors (Lipinski definition) is 6. The zero-order valence-corrected chi connectivity index (χ0v) is 16.5. The molecule has 1 aliphatic rings. The van der Waals surface area contributed by atoms with Crippen molar-refractivity contribution in [1.29, 1.82) is 0 Å². The summed E-state index contributed by atoms with van der Waals surface area (Å²) < 4.78 is 12.1. The van der Waals surface area contributed by atoms with Gasteiger partial charge in [-0.1, -0.05) is 15.9 Å². The van der Waals surface area contributed by atoms with Crippen LogP contribution in [0.15, 0.2) is 27.5 Å². The van der Waals surface area contributed by atoms with Crippen molar-refractivity contribution in [2.24, 2.45) is 0 Å². The molecule has 0 atom stereocenters. The standard InChI is InChI=1S/C18H20BrN3O5/c1-2-27-17(24)10-15-14-9-12(19)3-4-13(14)18(25)22(20-15)11-16(23)21-5-7-26-8-6-21/h3-4,9H,2,5-8,10-11H2,1H3. The number of morpholine rings is 1. The van der Waals surface area contributed by atoms with E-state index >= 15 is 0 Å². The number of rotatable bonds is 5. The number of aromatic nitrogens is 2. The molecule has 0 saturated carbocycles. The summed E-state index contributed by atoms with van der Waals surface area (Å²) in [6.07, 6.45) is -0.0766. The quantitative estimate of drug-likeness (QED) is 0.651. The number of ether oxygens (including phenoxy) is 2. The van der Waals surface area contributed by atoms with Crippen LogP contribution in [0.5, 0.6) is 0 Å². The van der Waals surface area contributed by atoms with Gasteiger partial charge >= 0.3 is 5.97 Å². The van der Waals surface area contributed by atoms with Crippen molar-refractivity contribution in [3.63, 3.8) is 0 Å². The highest BCUT2D eigenvalue weighted by molar-refractivity contribution is 9.10. The summed E-state index contributed by atoms with van der Waals surface area (Å²) in [5, 5.41) is 5.27. The van der Waals surface area contributed by atoms with Crippen molar-refractivity contribution in [1.82, 2.24) is 14.7 Å². The van der Waals surface area contributed by atoms with Crippen LogP contribution in [0.3, 0.4) is 0 Å². The Hall–Kier alpha value is -2.26. The number of amides is 1. The minimum Gasteiger partial charge on any atom is -0.466 e. The SMILES string of the molecule is CCOC(=O)Cc1nn(CC(=O)N2CCOCC2)c(=O)c2ccc(Br)cc12. The molecule has 1 amide bonds. The van der Waals surface area contributed by atoms with E-state index in [-0.39, 0.29) is 31.0 Å². The summed E-state index contributed by atoms with van der Waals surface area (Å²) in [7, 11) is 0. The lowest BCUT2D eigenvalue weighted by Gasteiger charge is -2.27. The molecule has 3 rings (SSSR count). The normalized spacial score (nSPS) is 14.4. The zero-order chi connectivity index (χ0) is 19.4. The maximum Gasteiger partial charge on any atom is 0.311 e. The van der Waals surface area contributed by atoms with E-state index < -0.39 is 5.97 Å². The summed E-state index contributed by atoms with van der Waals surface area (Å²) in [6, 6.07) is 5.15. The first-order valence-corrected chi connectivity index (χ1v) is 9.49. The van der Waals surface area contributed by atoms with Gasteiger partial charge in [0.1, 0.15) is 6.54 Å². The van der Waals surface area contributed by atoms with Gasteiger partial charge in [-0.25, -0.2) is 4.68 Å². The number of benzene rings is 1. The molecular formula is C18H20BrN3O5. The van der Waals surface area contributed by atoms with E-state index in [1.807, 2.05) is 0 Å². The molecular weight excluding hydrogens is 418 g/mol. The second-order valence-corrected chi connectivity index (χ2v) is 6.99. The highest BCUT2D eigenvalue weighted by atomic mass is 79.9. The van der Waals surface area contributed by atoms with Crippen molar-refractivity contribution in [2.75, 3.05) is 32.9 Å². The third-order valence-electron chi connectivity index (χ3n) is 4.26. The Bertz CT molecular complexity index is 921. The smallest absolute Gasteiger partial charge is 0.311 e. The topological polar surface area (TPSA) is 90.7 Å². The van der Waals surface area contributed by atoms with Crippen molar-refractivity contribution >= 4 is 38.6 Å². The first-order valence-electron chi connectivity index (χ1n) is 8.70. The molecule has 2 heterocycles. The lowest BCUT2D eigenvalue weighted by Crippen LogP contribution is -2.44. The van der Waals surface area contributed by atoms with Crippen LogP contribution in [0.4, 0.5) is 0 Å². The van der Waals surface area contributed by atoms with Gasteiger partial charge in [-0.15, -0.1) is 0 Å². The van der Waals surface area contributed by atoms with Gasteiger partial charge in [0.05, 0.1) is 37.3 Å². The number of fused-ring (bicyclic) bond motifs is 1. The number of esters is 1. The van der Waals surface area contributed by atoms with E-state index in [4.69, 9.17) is 9.47 Å². The highest BCUT2D eigenvalue weighted by Crippen LogP contribution is 2.20. The van der Waals surface area contributed by atoms with Crippen molar-refractivity contribution in [2.45, 2.75) is 19.9 Å². The molecule has 0 spiro atoms. The van der Waals surface area contributed by atoms with E-state index in [0.29, 0.717) is 42.8 Å². The highest BCUT2D eigenvalue weighted by Gasteiger charge is 2.20. The van der Waals surface area contributed by atoms with Crippen LogP contribution in [0.25, 0.3) is 10.8 Å². The van der Waals surface area contributed by atoms with Crippen LogP contribution in [0.1, 0.15) is 12.6 Å². The lowest BCUT2D eigenvalue weighted by molar-refractivity contribution is -0.142. The minimum atomic E-state index is -0.434. The van der Waals surface area contributed by atoms with Gasteiger partial charge in [0, 0.05) is 22.9 Å². The Labute approximate surface area is 164 Å². The Morgan fingerprint density at radius 1 is 1.26 bits per heavy atom. The van der Waals surface area contributed by atoms with Crippen LogP contribution >= 0.6 is 15.9 Å². The number of nitrogens with zero attached hydrogens (tertiary/aromatic N) is 3. The van der Waals surface area contributed by atoms with Crippen molar-refractivity contribution in [3.05, 3.63) is 38.7 Å². The first-order chi connectivity index (χ1) is 13.0. The molecule has 1 fully saturated rings. The molecule has 0 N–H and O–H groups in total. The Balaban J connectivity index is 1.98. The lowest BCUT2D eigenvalue weighted by atomic mass is 10.1. The van der Waals surface area contributed by atoms with Gasteiger partial charge in [-0.2, -0.15) is 5.10 Å². The average Bonchev–Trinajstić information content (AvgIpc) is 2.66. The largest absolute Gasteiger partial charge is 0.466 e. The summed E-state index contributed by atoms with van der Waals surface area (Å²) in [4.78, 5) is 38.9. The van der Waals surface area contributed by atoms with Gasteiger partial charge in [-0.3, -0.25) is 14.4 Å². The molecule has 1 saturated heterocycles. The Morgan fingerprint density at radius 2 is 2.00 bits per heavy atom.